The Kier molecular flexibility index (Phi) is 5.81. The van der Waals surface area contributed by atoms with Crippen molar-refractivity contribution in [1.82, 2.24) is 9.97 Å². The van der Waals surface area contributed by atoms with Gasteiger partial charge in [0.05, 0.1) is 16.3 Å². The lowest BCUT2D eigenvalue weighted by Crippen LogP contribution is -2.11. The lowest BCUT2D eigenvalue weighted by molar-refractivity contribution is -0.385. The molecule has 3 aromatic carbocycles. The van der Waals surface area contributed by atoms with Gasteiger partial charge < -0.3 is 10.7 Å². The number of thioether (sulfide) groups is 1. The molecule has 1 amide bonds. The summed E-state index contributed by atoms with van der Waals surface area (Å²) in [4.78, 5) is 30.4. The number of hydrogen-bond acceptors (Lipinski definition) is 5. The Morgan fingerprint density at radius 3 is 2.26 bits per heavy atom. The molecule has 7 nitrogen and oxygen atoms in total. The number of hydrogen-bond donors (Lipinski definition) is 2. The topological polar surface area (TPSA) is 115 Å². The smallest absolute Gasteiger partial charge is 0.274 e. The minimum absolute atomic E-state index is 0.108. The van der Waals surface area contributed by atoms with E-state index in [9.17, 15) is 14.9 Å². The van der Waals surface area contributed by atoms with Gasteiger partial charge in [-0.05, 0) is 6.07 Å². The van der Waals surface area contributed by atoms with E-state index >= 15 is 0 Å². The fourth-order valence-electron chi connectivity index (χ4n) is 3.19. The number of aromatic nitrogens is 2. The number of nitrogens with one attached hydrogen (secondary N) is 1. The van der Waals surface area contributed by atoms with Crippen molar-refractivity contribution in [3.8, 4) is 22.5 Å². The molecule has 0 saturated carbocycles. The number of H-pyrrole nitrogens is 1. The van der Waals surface area contributed by atoms with Crippen molar-refractivity contribution in [3.05, 3.63) is 100 Å². The maximum Gasteiger partial charge on any atom is 0.274 e. The van der Waals surface area contributed by atoms with E-state index in [0.29, 0.717) is 16.5 Å². The van der Waals surface area contributed by atoms with Crippen LogP contribution in [0.2, 0.25) is 0 Å². The van der Waals surface area contributed by atoms with Gasteiger partial charge in [0.2, 0.25) is 5.91 Å². The van der Waals surface area contributed by atoms with Crippen LogP contribution in [0, 0.1) is 10.1 Å². The zero-order valence-electron chi connectivity index (χ0n) is 16.3. The Balaban J connectivity index is 1.67. The van der Waals surface area contributed by atoms with E-state index < -0.39 is 10.8 Å². The van der Waals surface area contributed by atoms with Crippen molar-refractivity contribution >= 4 is 23.4 Å². The van der Waals surface area contributed by atoms with Gasteiger partial charge in [0.25, 0.3) is 5.69 Å². The van der Waals surface area contributed by atoms with Crippen LogP contribution in [0.25, 0.3) is 22.5 Å². The first kappa shape index (κ1) is 20.4. The number of carbonyl (C=O) groups excluding carboxylic acids is 1. The van der Waals surface area contributed by atoms with E-state index in [0.717, 1.165) is 22.5 Å². The number of nitro groups is 1. The number of benzene rings is 3. The van der Waals surface area contributed by atoms with Crippen molar-refractivity contribution in [2.24, 2.45) is 5.73 Å². The summed E-state index contributed by atoms with van der Waals surface area (Å²) in [6, 6.07) is 24.0. The molecular weight excluding hydrogens is 412 g/mol. The minimum Gasteiger partial charge on any atom is -0.366 e. The third-order valence-electron chi connectivity index (χ3n) is 4.72. The van der Waals surface area contributed by atoms with Gasteiger partial charge in [-0.3, -0.25) is 14.9 Å². The fraction of sp³-hybridized carbons (Fsp3) is 0.0435. The van der Waals surface area contributed by atoms with Gasteiger partial charge in [-0.15, -0.1) is 0 Å². The molecule has 31 heavy (non-hydrogen) atoms. The standard InChI is InChI=1S/C23H18N4O3S/c24-22(28)17-11-12-18(19(13-17)27(29)30)14-31-23-25-20(15-7-3-1-4-8-15)21(26-23)16-9-5-2-6-10-16/h1-13H,14H2,(H2,24,28)(H,25,26). The van der Waals surface area contributed by atoms with Crippen LogP contribution in [0.4, 0.5) is 5.69 Å². The largest absolute Gasteiger partial charge is 0.366 e. The summed E-state index contributed by atoms with van der Waals surface area (Å²) in [5.74, 6) is -0.390. The summed E-state index contributed by atoms with van der Waals surface area (Å²) in [6.45, 7) is 0. The molecule has 1 aromatic heterocycles. The number of nitrogens with zero attached hydrogens (tertiary/aromatic N) is 2. The molecule has 3 N–H and O–H groups in total. The van der Waals surface area contributed by atoms with Gasteiger partial charge in [-0.25, -0.2) is 4.98 Å². The molecule has 8 heteroatoms. The zero-order valence-corrected chi connectivity index (χ0v) is 17.1. The number of aromatic amines is 1. The summed E-state index contributed by atoms with van der Waals surface area (Å²) in [5.41, 5.74) is 9.37. The SMILES string of the molecule is NC(=O)c1ccc(CSc2nc(-c3ccccc3)c(-c3ccccc3)[nH]2)c([N+](=O)[O-])c1. The van der Waals surface area contributed by atoms with Gasteiger partial charge in [0, 0.05) is 34.1 Å². The van der Waals surface area contributed by atoms with Crippen LogP contribution in [-0.2, 0) is 5.75 Å². The number of nitro benzene ring substituents is 1. The van der Waals surface area contributed by atoms with Crippen LogP contribution in [0.1, 0.15) is 15.9 Å². The van der Waals surface area contributed by atoms with E-state index in [2.05, 4.69) is 4.98 Å². The maximum atomic E-state index is 11.5. The molecule has 0 spiro atoms. The molecule has 0 unspecified atom stereocenters. The van der Waals surface area contributed by atoms with Crippen LogP contribution >= 0.6 is 11.8 Å². The first-order chi connectivity index (χ1) is 15.0. The third kappa shape index (κ3) is 4.49. The predicted octanol–water partition coefficient (Wildman–Crippen LogP) is 5.04. The van der Waals surface area contributed by atoms with E-state index in [4.69, 9.17) is 10.7 Å². The van der Waals surface area contributed by atoms with Crippen LogP contribution in [0.5, 0.6) is 0 Å². The Morgan fingerprint density at radius 1 is 1.00 bits per heavy atom. The highest BCUT2D eigenvalue weighted by Crippen LogP contribution is 2.34. The summed E-state index contributed by atoms with van der Waals surface area (Å²) >= 11 is 1.36. The van der Waals surface area contributed by atoms with Crippen LogP contribution in [0.3, 0.4) is 0 Å². The normalized spacial score (nSPS) is 10.7. The summed E-state index contributed by atoms with van der Waals surface area (Å²) in [6.07, 6.45) is 0. The van der Waals surface area contributed by atoms with Gasteiger partial charge in [-0.2, -0.15) is 0 Å². The van der Waals surface area contributed by atoms with Gasteiger partial charge in [-0.1, -0.05) is 78.5 Å². The van der Waals surface area contributed by atoms with E-state index in [1.165, 1.54) is 23.9 Å². The van der Waals surface area contributed by atoms with E-state index in [-0.39, 0.29) is 11.3 Å². The Morgan fingerprint density at radius 2 is 1.65 bits per heavy atom. The van der Waals surface area contributed by atoms with Crippen LogP contribution in [0.15, 0.2) is 84.0 Å². The molecule has 0 radical (unpaired) electrons. The molecule has 4 rings (SSSR count). The molecule has 0 saturated heterocycles. The van der Waals surface area contributed by atoms with Crippen molar-refractivity contribution in [2.45, 2.75) is 10.9 Å². The van der Waals surface area contributed by atoms with Gasteiger partial charge >= 0.3 is 0 Å². The molecule has 0 fully saturated rings. The van der Waals surface area contributed by atoms with Crippen molar-refractivity contribution < 1.29 is 9.72 Å². The highest BCUT2D eigenvalue weighted by Gasteiger charge is 2.19. The monoisotopic (exact) mass is 430 g/mol. The second kappa shape index (κ2) is 8.85. The van der Waals surface area contributed by atoms with Crippen molar-refractivity contribution in [2.75, 3.05) is 0 Å². The Bertz CT molecular complexity index is 1180. The zero-order chi connectivity index (χ0) is 21.8. The summed E-state index contributed by atoms with van der Waals surface area (Å²) < 4.78 is 0. The number of amides is 1. The Hall–Kier alpha value is -3.91. The molecule has 0 atom stereocenters. The first-order valence-corrected chi connectivity index (χ1v) is 10.4. The second-order valence-electron chi connectivity index (χ2n) is 6.75. The summed E-state index contributed by atoms with van der Waals surface area (Å²) in [5, 5.41) is 12.1. The molecule has 0 aliphatic carbocycles. The number of nitrogens with two attached hydrogens (primary N) is 1. The van der Waals surface area contributed by atoms with Crippen LogP contribution in [-0.4, -0.2) is 20.8 Å². The van der Waals surface area contributed by atoms with Crippen LogP contribution < -0.4 is 5.73 Å². The molecule has 1 heterocycles. The highest BCUT2D eigenvalue weighted by molar-refractivity contribution is 7.98. The number of primary amides is 1. The summed E-state index contributed by atoms with van der Waals surface area (Å²) in [7, 11) is 0. The molecule has 0 bridgehead atoms. The van der Waals surface area contributed by atoms with E-state index in [1.807, 2.05) is 60.7 Å². The molecule has 0 aliphatic heterocycles. The third-order valence-corrected chi connectivity index (χ3v) is 5.64. The second-order valence-corrected chi connectivity index (χ2v) is 7.72. The quantitative estimate of drug-likeness (QED) is 0.242. The first-order valence-electron chi connectivity index (χ1n) is 9.43. The lowest BCUT2D eigenvalue weighted by Gasteiger charge is -2.03. The van der Waals surface area contributed by atoms with Crippen molar-refractivity contribution in [3.63, 3.8) is 0 Å². The van der Waals surface area contributed by atoms with Gasteiger partial charge in [0.15, 0.2) is 5.16 Å². The van der Waals surface area contributed by atoms with Gasteiger partial charge in [0.1, 0.15) is 0 Å². The Labute approximate surface area is 182 Å². The highest BCUT2D eigenvalue weighted by atomic mass is 32.2. The molecule has 4 aromatic rings. The average molecular weight is 430 g/mol. The number of imidazole rings is 1. The lowest BCUT2D eigenvalue weighted by atomic mass is 10.1. The van der Waals surface area contributed by atoms with E-state index in [1.54, 1.807) is 6.07 Å². The number of rotatable bonds is 7. The minimum atomic E-state index is -0.701. The predicted molar refractivity (Wildman–Crippen MR) is 121 cm³/mol. The number of carbonyl (C=O) groups is 1. The maximum absolute atomic E-state index is 11.5. The average Bonchev–Trinajstić information content (AvgIpc) is 3.23. The van der Waals surface area contributed by atoms with Crippen molar-refractivity contribution in [1.29, 1.82) is 0 Å². The molecule has 154 valence electrons. The molecular formula is C23H18N4O3S. The fourth-order valence-corrected chi connectivity index (χ4v) is 4.06. The molecule has 0 aliphatic rings.